The summed E-state index contributed by atoms with van der Waals surface area (Å²) in [5.41, 5.74) is 1.37. The van der Waals surface area contributed by atoms with Crippen LogP contribution in [0.5, 0.6) is 0 Å². The van der Waals surface area contributed by atoms with Crippen molar-refractivity contribution in [1.82, 2.24) is 5.32 Å². The maximum Gasteiger partial charge on any atom is 0.150 e. The predicted octanol–water partition coefficient (Wildman–Crippen LogP) is 2.67. The van der Waals surface area contributed by atoms with Crippen molar-refractivity contribution in [2.45, 2.75) is 32.6 Å². The number of hydrogen-bond acceptors (Lipinski definition) is 3. The van der Waals surface area contributed by atoms with Gasteiger partial charge in [0.1, 0.15) is 0 Å². The quantitative estimate of drug-likeness (QED) is 0.803. The summed E-state index contributed by atoms with van der Waals surface area (Å²) < 4.78 is 23.4. The molecule has 1 heterocycles. The summed E-state index contributed by atoms with van der Waals surface area (Å²) in [6.07, 6.45) is 4.19. The zero-order valence-corrected chi connectivity index (χ0v) is 13.7. The molecule has 1 N–H and O–H groups in total. The molecule has 1 aromatic carbocycles. The van der Waals surface area contributed by atoms with Crippen LogP contribution in [0.2, 0.25) is 0 Å². The van der Waals surface area contributed by atoms with Gasteiger partial charge in [0.25, 0.3) is 0 Å². The van der Waals surface area contributed by atoms with Gasteiger partial charge in [-0.1, -0.05) is 37.3 Å². The molecule has 0 radical (unpaired) electrons. The molecule has 1 aliphatic rings. The third-order valence-corrected chi connectivity index (χ3v) is 6.27. The van der Waals surface area contributed by atoms with E-state index in [9.17, 15) is 8.42 Å². The van der Waals surface area contributed by atoms with Gasteiger partial charge < -0.3 is 5.32 Å². The minimum atomic E-state index is -2.77. The van der Waals surface area contributed by atoms with Gasteiger partial charge in [0, 0.05) is 0 Å². The summed E-state index contributed by atoms with van der Waals surface area (Å²) >= 11 is 0. The molecule has 0 saturated carbocycles. The first-order valence-corrected chi connectivity index (χ1v) is 9.88. The Morgan fingerprint density at radius 2 is 2.05 bits per heavy atom. The number of hydrogen-bond donors (Lipinski definition) is 1. The minimum Gasteiger partial charge on any atom is -0.317 e. The molecule has 3 nitrogen and oxygen atoms in total. The first-order chi connectivity index (χ1) is 10.1. The van der Waals surface area contributed by atoms with Gasteiger partial charge in [-0.05, 0) is 56.2 Å². The highest BCUT2D eigenvalue weighted by Gasteiger charge is 2.32. The first-order valence-electron chi connectivity index (χ1n) is 8.06. The van der Waals surface area contributed by atoms with E-state index in [1.807, 2.05) is 6.07 Å². The Labute approximate surface area is 129 Å². The normalized spacial score (nSPS) is 22.2. The van der Waals surface area contributed by atoms with Crippen LogP contribution in [-0.4, -0.2) is 33.0 Å². The average molecular weight is 309 g/mol. The molecule has 1 saturated heterocycles. The summed E-state index contributed by atoms with van der Waals surface area (Å²) in [5, 5.41) is 3.41. The largest absolute Gasteiger partial charge is 0.317 e. The molecule has 1 fully saturated rings. The zero-order chi connectivity index (χ0) is 15.1. The second-order valence-corrected chi connectivity index (χ2v) is 8.34. The highest BCUT2D eigenvalue weighted by atomic mass is 32.2. The van der Waals surface area contributed by atoms with Crippen molar-refractivity contribution in [2.24, 2.45) is 11.8 Å². The lowest BCUT2D eigenvalue weighted by Gasteiger charge is -2.23. The third kappa shape index (κ3) is 5.44. The molecular formula is C17H27NO2S. The SMILES string of the molecule is CCNCC(CCCc1ccccc1)C1CCS(=O)(=O)C1. The molecule has 0 bridgehead atoms. The predicted molar refractivity (Wildman–Crippen MR) is 88.2 cm³/mol. The lowest BCUT2D eigenvalue weighted by molar-refractivity contribution is 0.321. The van der Waals surface area contributed by atoms with Crippen LogP contribution in [0.4, 0.5) is 0 Å². The molecule has 0 aliphatic carbocycles. The van der Waals surface area contributed by atoms with Crippen molar-refractivity contribution in [2.75, 3.05) is 24.6 Å². The molecule has 21 heavy (non-hydrogen) atoms. The number of benzene rings is 1. The molecule has 1 aromatic rings. The minimum absolute atomic E-state index is 0.352. The number of sulfone groups is 1. The molecule has 1 aliphatic heterocycles. The maximum atomic E-state index is 11.7. The van der Waals surface area contributed by atoms with Gasteiger partial charge in [-0.25, -0.2) is 8.42 Å². The smallest absolute Gasteiger partial charge is 0.150 e. The van der Waals surface area contributed by atoms with E-state index < -0.39 is 9.84 Å². The van der Waals surface area contributed by atoms with Crippen LogP contribution >= 0.6 is 0 Å². The molecular weight excluding hydrogens is 282 g/mol. The van der Waals surface area contributed by atoms with Crippen molar-refractivity contribution in [3.63, 3.8) is 0 Å². The van der Waals surface area contributed by atoms with E-state index in [0.717, 1.165) is 38.8 Å². The Kier molecular flexibility index (Phi) is 6.24. The van der Waals surface area contributed by atoms with Gasteiger partial charge in [-0.2, -0.15) is 0 Å². The summed E-state index contributed by atoms with van der Waals surface area (Å²) in [5.74, 6) is 1.63. The molecule has 0 aromatic heterocycles. The van der Waals surface area contributed by atoms with E-state index in [-0.39, 0.29) is 0 Å². The van der Waals surface area contributed by atoms with Crippen molar-refractivity contribution in [3.8, 4) is 0 Å². The van der Waals surface area contributed by atoms with E-state index in [4.69, 9.17) is 0 Å². The molecule has 2 unspecified atom stereocenters. The van der Waals surface area contributed by atoms with Gasteiger partial charge in [0.05, 0.1) is 11.5 Å². The van der Waals surface area contributed by atoms with Crippen molar-refractivity contribution < 1.29 is 8.42 Å². The summed E-state index contributed by atoms with van der Waals surface area (Å²) in [4.78, 5) is 0. The Morgan fingerprint density at radius 1 is 1.29 bits per heavy atom. The van der Waals surface area contributed by atoms with Gasteiger partial charge in [0.2, 0.25) is 0 Å². The van der Waals surface area contributed by atoms with Crippen molar-refractivity contribution >= 4 is 9.84 Å². The molecule has 0 spiro atoms. The standard InChI is InChI=1S/C17H27NO2S/c1-2-18-13-16(17-11-12-21(19,20)14-17)10-6-9-15-7-4-3-5-8-15/h3-5,7-8,16-18H,2,6,9-14H2,1H3. The maximum absolute atomic E-state index is 11.7. The molecule has 2 atom stereocenters. The van der Waals surface area contributed by atoms with Gasteiger partial charge in [-0.15, -0.1) is 0 Å². The summed E-state index contributed by atoms with van der Waals surface area (Å²) in [6, 6.07) is 10.5. The third-order valence-electron chi connectivity index (χ3n) is 4.47. The van der Waals surface area contributed by atoms with Crippen LogP contribution in [0.25, 0.3) is 0 Å². The Bertz CT molecular complexity index is 513. The lowest BCUT2D eigenvalue weighted by atomic mass is 9.87. The topological polar surface area (TPSA) is 46.2 Å². The number of rotatable bonds is 8. The number of nitrogens with one attached hydrogen (secondary N) is 1. The highest BCUT2D eigenvalue weighted by Crippen LogP contribution is 2.29. The fraction of sp³-hybridized carbons (Fsp3) is 0.647. The molecule has 0 amide bonds. The van der Waals surface area contributed by atoms with E-state index in [2.05, 4.69) is 36.5 Å². The van der Waals surface area contributed by atoms with E-state index in [1.54, 1.807) is 0 Å². The van der Waals surface area contributed by atoms with Gasteiger partial charge >= 0.3 is 0 Å². The Hall–Kier alpha value is -0.870. The van der Waals surface area contributed by atoms with Crippen LogP contribution in [0, 0.1) is 11.8 Å². The van der Waals surface area contributed by atoms with Gasteiger partial charge in [-0.3, -0.25) is 0 Å². The highest BCUT2D eigenvalue weighted by molar-refractivity contribution is 7.91. The van der Waals surface area contributed by atoms with Crippen LogP contribution in [0.15, 0.2) is 30.3 Å². The summed E-state index contributed by atoms with van der Waals surface area (Å²) in [6.45, 7) is 4.01. The fourth-order valence-electron chi connectivity index (χ4n) is 3.24. The van der Waals surface area contributed by atoms with E-state index in [0.29, 0.717) is 23.3 Å². The van der Waals surface area contributed by atoms with Crippen LogP contribution in [0.3, 0.4) is 0 Å². The van der Waals surface area contributed by atoms with Crippen LogP contribution in [-0.2, 0) is 16.3 Å². The zero-order valence-electron chi connectivity index (χ0n) is 12.9. The second-order valence-electron chi connectivity index (χ2n) is 6.11. The summed E-state index contributed by atoms with van der Waals surface area (Å²) in [7, 11) is -2.77. The van der Waals surface area contributed by atoms with Crippen molar-refractivity contribution in [3.05, 3.63) is 35.9 Å². The fourth-order valence-corrected chi connectivity index (χ4v) is 5.16. The van der Waals surface area contributed by atoms with Crippen LogP contribution in [0.1, 0.15) is 31.7 Å². The number of aryl methyl sites for hydroxylation is 1. The Morgan fingerprint density at radius 3 is 2.67 bits per heavy atom. The lowest BCUT2D eigenvalue weighted by Crippen LogP contribution is -2.29. The first kappa shape index (κ1) is 16.5. The monoisotopic (exact) mass is 309 g/mol. The van der Waals surface area contributed by atoms with Gasteiger partial charge in [0.15, 0.2) is 9.84 Å². The molecule has 4 heteroatoms. The van der Waals surface area contributed by atoms with E-state index in [1.165, 1.54) is 5.56 Å². The molecule has 2 rings (SSSR count). The average Bonchev–Trinajstić information content (AvgIpc) is 2.84. The van der Waals surface area contributed by atoms with Crippen LogP contribution < -0.4 is 5.32 Å². The Balaban J connectivity index is 1.85. The molecule has 118 valence electrons. The second kappa shape index (κ2) is 7.95. The van der Waals surface area contributed by atoms with E-state index >= 15 is 0 Å². The van der Waals surface area contributed by atoms with Crippen molar-refractivity contribution in [1.29, 1.82) is 0 Å².